The molecule has 3 rings (SSSR count). The Bertz CT molecular complexity index is 412. The molecule has 4 atom stereocenters. The van der Waals surface area contributed by atoms with Crippen LogP contribution in [0.3, 0.4) is 0 Å². The van der Waals surface area contributed by atoms with E-state index in [1.54, 1.807) is 0 Å². The van der Waals surface area contributed by atoms with Crippen LogP contribution in [-0.4, -0.2) is 49.1 Å². The van der Waals surface area contributed by atoms with Crippen LogP contribution in [0.5, 0.6) is 0 Å². The predicted molar refractivity (Wildman–Crippen MR) is 78.6 cm³/mol. The molecular weight excluding hydrogens is 268 g/mol. The van der Waals surface area contributed by atoms with Crippen LogP contribution in [0.1, 0.15) is 39.0 Å². The van der Waals surface area contributed by atoms with Crippen molar-refractivity contribution in [1.82, 2.24) is 10.2 Å². The van der Waals surface area contributed by atoms with Gasteiger partial charge in [0.15, 0.2) is 0 Å². The van der Waals surface area contributed by atoms with Crippen molar-refractivity contribution in [2.45, 2.75) is 45.1 Å². The van der Waals surface area contributed by atoms with Crippen molar-refractivity contribution < 1.29 is 14.3 Å². The van der Waals surface area contributed by atoms with Crippen LogP contribution in [0.15, 0.2) is 0 Å². The molecule has 0 radical (unpaired) electrons. The number of esters is 1. The monoisotopic (exact) mass is 294 g/mol. The maximum atomic E-state index is 12.8. The van der Waals surface area contributed by atoms with Crippen LogP contribution < -0.4 is 5.32 Å². The molecule has 0 aromatic heterocycles. The molecule has 4 unspecified atom stereocenters. The van der Waals surface area contributed by atoms with Gasteiger partial charge in [-0.1, -0.05) is 6.42 Å². The Morgan fingerprint density at radius 1 is 1.24 bits per heavy atom. The largest absolute Gasteiger partial charge is 0.466 e. The maximum Gasteiger partial charge on any atom is 0.310 e. The lowest BCUT2D eigenvalue weighted by Gasteiger charge is -2.34. The molecule has 21 heavy (non-hydrogen) atoms. The maximum absolute atomic E-state index is 12.8. The highest BCUT2D eigenvalue weighted by molar-refractivity contribution is 5.84. The molecule has 118 valence electrons. The fourth-order valence-electron chi connectivity index (χ4n) is 4.28. The number of piperidine rings is 1. The van der Waals surface area contributed by atoms with Crippen molar-refractivity contribution in [2.24, 2.45) is 17.8 Å². The van der Waals surface area contributed by atoms with Crippen molar-refractivity contribution in [1.29, 1.82) is 0 Å². The topological polar surface area (TPSA) is 58.6 Å². The van der Waals surface area contributed by atoms with E-state index >= 15 is 0 Å². The molecule has 1 amide bonds. The van der Waals surface area contributed by atoms with Crippen molar-refractivity contribution in [3.8, 4) is 0 Å². The number of carbonyl (C=O) groups is 2. The third kappa shape index (κ3) is 2.93. The molecule has 2 aliphatic heterocycles. The summed E-state index contributed by atoms with van der Waals surface area (Å²) < 4.78 is 5.11. The molecule has 1 saturated carbocycles. The molecule has 2 saturated heterocycles. The second-order valence-corrected chi connectivity index (χ2v) is 6.62. The van der Waals surface area contributed by atoms with Gasteiger partial charge in [-0.2, -0.15) is 0 Å². The van der Waals surface area contributed by atoms with E-state index in [2.05, 4.69) is 5.32 Å². The Hall–Kier alpha value is -1.10. The number of rotatable bonds is 3. The van der Waals surface area contributed by atoms with Gasteiger partial charge in [0, 0.05) is 13.1 Å². The quantitative estimate of drug-likeness (QED) is 0.794. The van der Waals surface area contributed by atoms with Crippen molar-refractivity contribution in [2.75, 3.05) is 26.2 Å². The number of likely N-dealkylation sites (tertiary alicyclic amines) is 1. The van der Waals surface area contributed by atoms with E-state index < -0.39 is 0 Å². The van der Waals surface area contributed by atoms with Crippen LogP contribution in [-0.2, 0) is 14.3 Å². The number of carbonyl (C=O) groups excluding carboxylic acids is 2. The molecule has 3 aliphatic rings. The first-order chi connectivity index (χ1) is 10.2. The lowest BCUT2D eigenvalue weighted by atomic mass is 9.91. The molecule has 1 aliphatic carbocycles. The normalized spacial score (nSPS) is 35.6. The van der Waals surface area contributed by atoms with Gasteiger partial charge >= 0.3 is 5.97 Å². The molecule has 2 heterocycles. The van der Waals surface area contributed by atoms with Crippen LogP contribution in [0.2, 0.25) is 0 Å². The molecule has 0 bridgehead atoms. The van der Waals surface area contributed by atoms with Crippen LogP contribution in [0.25, 0.3) is 0 Å². The number of nitrogens with zero attached hydrogens (tertiary/aromatic N) is 1. The number of amides is 1. The summed E-state index contributed by atoms with van der Waals surface area (Å²) in [5.74, 6) is 1.13. The van der Waals surface area contributed by atoms with Crippen LogP contribution >= 0.6 is 0 Å². The van der Waals surface area contributed by atoms with E-state index in [4.69, 9.17) is 4.74 Å². The average molecular weight is 294 g/mol. The summed E-state index contributed by atoms with van der Waals surface area (Å²) in [7, 11) is 0. The summed E-state index contributed by atoms with van der Waals surface area (Å²) in [4.78, 5) is 26.6. The molecule has 0 aromatic rings. The SMILES string of the molecule is CCOC(=O)C1CCCN(C(=O)C2NCC3CCCC32)C1. The van der Waals surface area contributed by atoms with Gasteiger partial charge in [-0.15, -0.1) is 0 Å². The third-order valence-corrected chi connectivity index (χ3v) is 5.37. The first-order valence-electron chi connectivity index (χ1n) is 8.39. The van der Waals surface area contributed by atoms with Gasteiger partial charge in [-0.3, -0.25) is 9.59 Å². The highest BCUT2D eigenvalue weighted by atomic mass is 16.5. The fourth-order valence-corrected chi connectivity index (χ4v) is 4.28. The van der Waals surface area contributed by atoms with Crippen molar-refractivity contribution >= 4 is 11.9 Å². The van der Waals surface area contributed by atoms with E-state index in [-0.39, 0.29) is 23.8 Å². The Labute approximate surface area is 126 Å². The number of hydrogen-bond acceptors (Lipinski definition) is 4. The highest BCUT2D eigenvalue weighted by Gasteiger charge is 2.44. The summed E-state index contributed by atoms with van der Waals surface area (Å²) in [6, 6.07) is -0.0153. The smallest absolute Gasteiger partial charge is 0.310 e. The average Bonchev–Trinajstić information content (AvgIpc) is 3.10. The Morgan fingerprint density at radius 3 is 2.90 bits per heavy atom. The summed E-state index contributed by atoms with van der Waals surface area (Å²) in [6.45, 7) is 4.54. The lowest BCUT2D eigenvalue weighted by molar-refractivity contribution is -0.151. The van der Waals surface area contributed by atoms with Gasteiger partial charge in [0.25, 0.3) is 0 Å². The highest BCUT2D eigenvalue weighted by Crippen LogP contribution is 2.38. The Kier molecular flexibility index (Phi) is 4.48. The molecule has 1 N–H and O–H groups in total. The van der Waals surface area contributed by atoms with Crippen LogP contribution in [0, 0.1) is 17.8 Å². The summed E-state index contributed by atoms with van der Waals surface area (Å²) in [5.41, 5.74) is 0. The molecule has 0 aromatic carbocycles. The fraction of sp³-hybridized carbons (Fsp3) is 0.875. The standard InChI is InChI=1S/C16H26N2O3/c1-2-21-16(20)12-6-4-8-18(10-12)15(19)14-13-7-3-5-11(13)9-17-14/h11-14,17H,2-10H2,1H3. The van der Waals surface area contributed by atoms with Crippen molar-refractivity contribution in [3.63, 3.8) is 0 Å². The zero-order valence-electron chi connectivity index (χ0n) is 12.8. The molecule has 0 spiro atoms. The zero-order valence-corrected chi connectivity index (χ0v) is 12.8. The molecule has 3 fully saturated rings. The summed E-state index contributed by atoms with van der Waals surface area (Å²) in [5, 5.41) is 3.42. The molecule has 5 nitrogen and oxygen atoms in total. The predicted octanol–water partition coefficient (Wildman–Crippen LogP) is 1.18. The molecular formula is C16H26N2O3. The van der Waals surface area contributed by atoms with Crippen molar-refractivity contribution in [3.05, 3.63) is 0 Å². The second kappa shape index (κ2) is 6.34. The Morgan fingerprint density at radius 2 is 2.10 bits per heavy atom. The van der Waals surface area contributed by atoms with E-state index in [1.807, 2.05) is 11.8 Å². The third-order valence-electron chi connectivity index (χ3n) is 5.37. The minimum absolute atomic E-state index is 0.0153. The first-order valence-corrected chi connectivity index (χ1v) is 8.39. The number of hydrogen-bond donors (Lipinski definition) is 1. The number of fused-ring (bicyclic) bond motifs is 1. The second-order valence-electron chi connectivity index (χ2n) is 6.62. The minimum atomic E-state index is -0.145. The van der Waals surface area contributed by atoms with E-state index in [0.29, 0.717) is 25.0 Å². The van der Waals surface area contributed by atoms with E-state index in [0.717, 1.165) is 25.9 Å². The summed E-state index contributed by atoms with van der Waals surface area (Å²) in [6.07, 6.45) is 5.42. The van der Waals surface area contributed by atoms with Gasteiger partial charge in [0.05, 0.1) is 18.6 Å². The zero-order chi connectivity index (χ0) is 14.8. The number of ether oxygens (including phenoxy) is 1. The number of nitrogens with one attached hydrogen (secondary N) is 1. The lowest BCUT2D eigenvalue weighted by Crippen LogP contribution is -2.51. The minimum Gasteiger partial charge on any atom is -0.466 e. The van der Waals surface area contributed by atoms with Gasteiger partial charge in [0.1, 0.15) is 0 Å². The van der Waals surface area contributed by atoms with E-state index in [9.17, 15) is 9.59 Å². The Balaban J connectivity index is 1.60. The van der Waals surface area contributed by atoms with Gasteiger partial charge in [-0.05, 0) is 51.0 Å². The van der Waals surface area contributed by atoms with Crippen LogP contribution in [0.4, 0.5) is 0 Å². The van der Waals surface area contributed by atoms with Gasteiger partial charge in [0.2, 0.25) is 5.91 Å². The van der Waals surface area contributed by atoms with Gasteiger partial charge < -0.3 is 15.0 Å². The summed E-state index contributed by atoms with van der Waals surface area (Å²) >= 11 is 0. The molecule has 5 heteroatoms. The van der Waals surface area contributed by atoms with E-state index in [1.165, 1.54) is 19.3 Å². The van der Waals surface area contributed by atoms with Gasteiger partial charge in [-0.25, -0.2) is 0 Å². The first kappa shape index (κ1) is 14.8.